The Labute approximate surface area is 169 Å². The van der Waals surface area contributed by atoms with Crippen molar-refractivity contribution in [1.29, 1.82) is 0 Å². The summed E-state index contributed by atoms with van der Waals surface area (Å²) >= 11 is 1.09. The summed E-state index contributed by atoms with van der Waals surface area (Å²) in [4.78, 5) is 2.07. The molecule has 29 heavy (non-hydrogen) atoms. The van der Waals surface area contributed by atoms with Gasteiger partial charge in [0.25, 0.3) is 5.13 Å². The molecule has 1 aliphatic heterocycles. The Kier molecular flexibility index (Phi) is 6.08. The zero-order valence-corrected chi connectivity index (χ0v) is 17.3. The van der Waals surface area contributed by atoms with Gasteiger partial charge in [-0.05, 0) is 43.9 Å². The molecule has 2 heterocycles. The minimum Gasteiger partial charge on any atom is -0.369 e. The van der Waals surface area contributed by atoms with Gasteiger partial charge >= 0.3 is 15.5 Å². The first-order valence-electron chi connectivity index (χ1n) is 8.86. The van der Waals surface area contributed by atoms with Crippen molar-refractivity contribution in [3.63, 3.8) is 0 Å². The van der Waals surface area contributed by atoms with Gasteiger partial charge in [0.1, 0.15) is 11.2 Å². The summed E-state index contributed by atoms with van der Waals surface area (Å²) < 4.78 is 63.8. The molecule has 1 aliphatic rings. The standard InChI is InChI=1S/C16H19F3N6O2S2/c1-3-11-6-5-10-7-12(21-23-15-22-20-9-28-15)13(8-14(10)25(11)4-2)24-29(26,27)16(17,18)19/h7-9,11,24H,3-6H2,1-2H3. The quantitative estimate of drug-likeness (QED) is 0.642. The van der Waals surface area contributed by atoms with Crippen LogP contribution in [0.4, 0.5) is 35.4 Å². The Morgan fingerprint density at radius 3 is 2.66 bits per heavy atom. The fraction of sp³-hybridized carbons (Fsp3) is 0.500. The maximum absolute atomic E-state index is 12.9. The molecule has 2 aromatic rings. The third-order valence-corrected chi connectivity index (χ3v) is 6.32. The van der Waals surface area contributed by atoms with E-state index < -0.39 is 15.5 Å². The lowest BCUT2D eigenvalue weighted by Gasteiger charge is -2.38. The topological polar surface area (TPSA) is 99.9 Å². The van der Waals surface area contributed by atoms with Crippen LogP contribution in [0.3, 0.4) is 0 Å². The first-order valence-corrected chi connectivity index (χ1v) is 11.2. The molecule has 1 N–H and O–H groups in total. The van der Waals surface area contributed by atoms with Crippen LogP contribution >= 0.6 is 11.3 Å². The number of anilines is 2. The van der Waals surface area contributed by atoms with Crippen molar-refractivity contribution in [2.75, 3.05) is 16.2 Å². The number of hydrogen-bond donors (Lipinski definition) is 1. The molecule has 3 rings (SSSR count). The Hall–Kier alpha value is -2.28. The third kappa shape index (κ3) is 4.50. The fourth-order valence-electron chi connectivity index (χ4n) is 3.29. The van der Waals surface area contributed by atoms with Crippen LogP contribution in [0, 0.1) is 0 Å². The van der Waals surface area contributed by atoms with Gasteiger partial charge in [-0.1, -0.05) is 18.3 Å². The van der Waals surface area contributed by atoms with E-state index in [1.54, 1.807) is 10.8 Å². The van der Waals surface area contributed by atoms with Crippen LogP contribution < -0.4 is 9.62 Å². The third-order valence-electron chi connectivity index (χ3n) is 4.65. The van der Waals surface area contributed by atoms with Crippen molar-refractivity contribution in [1.82, 2.24) is 10.2 Å². The predicted molar refractivity (Wildman–Crippen MR) is 105 cm³/mol. The molecule has 158 valence electrons. The van der Waals surface area contributed by atoms with E-state index >= 15 is 0 Å². The zero-order valence-electron chi connectivity index (χ0n) is 15.6. The number of benzene rings is 1. The molecule has 1 aromatic carbocycles. The molecule has 1 atom stereocenters. The van der Waals surface area contributed by atoms with Crippen LogP contribution in [0.25, 0.3) is 0 Å². The maximum Gasteiger partial charge on any atom is 0.516 e. The number of halogens is 3. The molecule has 0 fully saturated rings. The smallest absolute Gasteiger partial charge is 0.369 e. The average molecular weight is 448 g/mol. The van der Waals surface area contributed by atoms with Crippen LogP contribution in [-0.2, 0) is 16.4 Å². The zero-order chi connectivity index (χ0) is 21.2. The summed E-state index contributed by atoms with van der Waals surface area (Å²) in [5.41, 5.74) is -2.76. The number of hydrogen-bond acceptors (Lipinski definition) is 8. The van der Waals surface area contributed by atoms with E-state index in [2.05, 4.69) is 25.3 Å². The van der Waals surface area contributed by atoms with E-state index in [4.69, 9.17) is 0 Å². The SMILES string of the molecule is CCC1CCc2cc(N=Nc3nncs3)c(NS(=O)(=O)C(F)(F)F)cc2N1CC. The number of rotatable bonds is 6. The summed E-state index contributed by atoms with van der Waals surface area (Å²) in [6.45, 7) is 4.62. The molecule has 0 saturated heterocycles. The Morgan fingerprint density at radius 2 is 2.07 bits per heavy atom. The minimum absolute atomic E-state index is 0.0159. The number of aryl methyl sites for hydroxylation is 1. The largest absolute Gasteiger partial charge is 0.516 e. The first kappa shape index (κ1) is 21.4. The van der Waals surface area contributed by atoms with Gasteiger partial charge in [-0.2, -0.15) is 21.6 Å². The second-order valence-electron chi connectivity index (χ2n) is 6.36. The van der Waals surface area contributed by atoms with Crippen LogP contribution in [0.2, 0.25) is 0 Å². The highest BCUT2D eigenvalue weighted by atomic mass is 32.2. The Balaban J connectivity index is 2.09. The molecule has 1 unspecified atom stereocenters. The van der Waals surface area contributed by atoms with Gasteiger partial charge in [0.05, 0.1) is 5.69 Å². The lowest BCUT2D eigenvalue weighted by atomic mass is 9.93. The second-order valence-corrected chi connectivity index (χ2v) is 8.84. The summed E-state index contributed by atoms with van der Waals surface area (Å²) in [6.07, 6.45) is 2.46. The summed E-state index contributed by atoms with van der Waals surface area (Å²) in [7, 11) is -5.61. The van der Waals surface area contributed by atoms with E-state index in [-0.39, 0.29) is 22.5 Å². The van der Waals surface area contributed by atoms with Gasteiger partial charge < -0.3 is 4.90 Å². The van der Waals surface area contributed by atoms with E-state index in [1.165, 1.54) is 11.6 Å². The monoisotopic (exact) mass is 448 g/mol. The molecule has 0 aliphatic carbocycles. The van der Waals surface area contributed by atoms with E-state index in [0.717, 1.165) is 29.7 Å². The number of nitrogens with zero attached hydrogens (tertiary/aromatic N) is 5. The normalized spacial score (nSPS) is 17.6. The van der Waals surface area contributed by atoms with Crippen LogP contribution in [0.15, 0.2) is 27.9 Å². The highest BCUT2D eigenvalue weighted by Crippen LogP contribution is 2.41. The average Bonchev–Trinajstić information content (AvgIpc) is 3.17. The van der Waals surface area contributed by atoms with E-state index in [0.29, 0.717) is 18.7 Å². The summed E-state index contributed by atoms with van der Waals surface area (Å²) in [5, 5.41) is 15.3. The summed E-state index contributed by atoms with van der Waals surface area (Å²) in [6, 6.07) is 3.20. The lowest BCUT2D eigenvalue weighted by Crippen LogP contribution is -2.39. The number of alkyl halides is 3. The van der Waals surface area contributed by atoms with Gasteiger partial charge in [-0.25, -0.2) is 0 Å². The van der Waals surface area contributed by atoms with Crippen molar-refractivity contribution in [3.8, 4) is 0 Å². The Morgan fingerprint density at radius 1 is 1.31 bits per heavy atom. The molecular weight excluding hydrogens is 429 g/mol. The number of nitrogens with one attached hydrogen (secondary N) is 1. The van der Waals surface area contributed by atoms with Gasteiger partial charge in [0.15, 0.2) is 0 Å². The molecule has 0 spiro atoms. The van der Waals surface area contributed by atoms with Crippen molar-refractivity contribution in [2.45, 2.75) is 44.7 Å². The first-order chi connectivity index (χ1) is 13.7. The van der Waals surface area contributed by atoms with Gasteiger partial charge in [-0.15, -0.1) is 20.4 Å². The van der Waals surface area contributed by atoms with Crippen molar-refractivity contribution in [2.24, 2.45) is 10.2 Å². The molecular formula is C16H19F3N6O2S2. The van der Waals surface area contributed by atoms with Crippen molar-refractivity contribution >= 4 is 43.6 Å². The highest BCUT2D eigenvalue weighted by Gasteiger charge is 2.46. The minimum atomic E-state index is -5.61. The fourth-order valence-corrected chi connectivity index (χ4v) is 4.23. The van der Waals surface area contributed by atoms with E-state index in [9.17, 15) is 21.6 Å². The maximum atomic E-state index is 12.9. The second kappa shape index (κ2) is 8.22. The molecule has 0 amide bonds. The van der Waals surface area contributed by atoms with Gasteiger partial charge in [-0.3, -0.25) is 4.72 Å². The van der Waals surface area contributed by atoms with Crippen LogP contribution in [-0.4, -0.2) is 36.7 Å². The van der Waals surface area contributed by atoms with Crippen molar-refractivity contribution in [3.05, 3.63) is 23.2 Å². The van der Waals surface area contributed by atoms with Gasteiger partial charge in [0, 0.05) is 18.3 Å². The molecule has 1 aromatic heterocycles. The molecule has 8 nitrogen and oxygen atoms in total. The Bertz CT molecular complexity index is 993. The molecule has 0 saturated carbocycles. The predicted octanol–water partition coefficient (Wildman–Crippen LogP) is 4.77. The summed E-state index contributed by atoms with van der Waals surface area (Å²) in [5.74, 6) is 0. The van der Waals surface area contributed by atoms with Crippen molar-refractivity contribution < 1.29 is 21.6 Å². The van der Waals surface area contributed by atoms with E-state index in [1.807, 2.05) is 13.8 Å². The van der Waals surface area contributed by atoms with Gasteiger partial charge in [0.2, 0.25) is 0 Å². The lowest BCUT2D eigenvalue weighted by molar-refractivity contribution is -0.0429. The number of sulfonamides is 1. The molecule has 0 radical (unpaired) electrons. The van der Waals surface area contributed by atoms with Crippen LogP contribution in [0.1, 0.15) is 32.3 Å². The molecule has 13 heteroatoms. The molecule has 0 bridgehead atoms. The number of fused-ring (bicyclic) bond motifs is 1. The van der Waals surface area contributed by atoms with Crippen LogP contribution in [0.5, 0.6) is 0 Å². The number of aromatic nitrogens is 2. The number of azo groups is 1. The highest BCUT2D eigenvalue weighted by molar-refractivity contribution is 7.93.